The third-order valence-electron chi connectivity index (χ3n) is 4.64. The fraction of sp³-hybridized carbons (Fsp3) is 0.833. The molecule has 23 heavy (non-hydrogen) atoms. The maximum Gasteiger partial charge on any atom is 0.359 e. The summed E-state index contributed by atoms with van der Waals surface area (Å²) in [7, 11) is 0. The van der Waals surface area contributed by atoms with Crippen molar-refractivity contribution in [1.29, 1.82) is 0 Å². The van der Waals surface area contributed by atoms with Crippen molar-refractivity contribution in [2.75, 3.05) is 13.1 Å². The van der Waals surface area contributed by atoms with E-state index in [-0.39, 0.29) is 25.1 Å². The van der Waals surface area contributed by atoms with E-state index in [0.717, 1.165) is 11.4 Å². The summed E-state index contributed by atoms with van der Waals surface area (Å²) in [5.41, 5.74) is 0. The average molecular weight is 347 g/mol. The average Bonchev–Trinajstić information content (AvgIpc) is 2.81. The molecular weight excluding hydrogens is 312 g/mol. The SMILES string of the molecule is CCCCCCCCCCCCN1C=C[NH+](CC(=O)O)C1C.[Cl-]. The van der Waals surface area contributed by atoms with Gasteiger partial charge >= 0.3 is 5.97 Å². The molecule has 0 aromatic rings. The lowest BCUT2D eigenvalue weighted by molar-refractivity contribution is -0.868. The second-order valence-electron chi connectivity index (χ2n) is 6.56. The fourth-order valence-electron chi connectivity index (χ4n) is 3.10. The van der Waals surface area contributed by atoms with Gasteiger partial charge in [-0.15, -0.1) is 0 Å². The van der Waals surface area contributed by atoms with Gasteiger partial charge in [-0.3, -0.25) is 4.90 Å². The van der Waals surface area contributed by atoms with Gasteiger partial charge in [-0.05, 0) is 6.42 Å². The van der Waals surface area contributed by atoms with Gasteiger partial charge < -0.3 is 22.4 Å². The first-order chi connectivity index (χ1) is 10.6. The van der Waals surface area contributed by atoms with Crippen LogP contribution in [-0.4, -0.2) is 35.2 Å². The molecule has 0 aromatic heterocycles. The van der Waals surface area contributed by atoms with Crippen molar-refractivity contribution >= 4 is 5.97 Å². The third-order valence-corrected chi connectivity index (χ3v) is 4.64. The predicted octanol–water partition coefficient (Wildman–Crippen LogP) is 0.0136. The number of quaternary nitrogens is 1. The molecule has 1 heterocycles. The molecule has 0 bridgehead atoms. The van der Waals surface area contributed by atoms with Crippen LogP contribution < -0.4 is 17.3 Å². The first-order valence-electron chi connectivity index (χ1n) is 9.16. The second-order valence-corrected chi connectivity index (χ2v) is 6.56. The summed E-state index contributed by atoms with van der Waals surface area (Å²) in [5.74, 6) is -0.729. The number of carboxylic acids is 1. The Hall–Kier alpha value is -0.740. The lowest BCUT2D eigenvalue weighted by Crippen LogP contribution is -3.12. The van der Waals surface area contributed by atoms with Gasteiger partial charge in [0.1, 0.15) is 6.20 Å². The molecule has 0 spiro atoms. The Kier molecular flexibility index (Phi) is 13.2. The highest BCUT2D eigenvalue weighted by Gasteiger charge is 2.27. The van der Waals surface area contributed by atoms with Gasteiger partial charge in [-0.2, -0.15) is 0 Å². The van der Waals surface area contributed by atoms with Crippen LogP contribution in [0.4, 0.5) is 0 Å². The number of carboxylic acid groups (broad SMARTS) is 1. The molecule has 0 amide bonds. The topological polar surface area (TPSA) is 45.0 Å². The van der Waals surface area contributed by atoms with E-state index in [4.69, 9.17) is 5.11 Å². The minimum Gasteiger partial charge on any atom is -1.00 e. The number of halogens is 1. The van der Waals surface area contributed by atoms with E-state index in [1.165, 1.54) is 64.2 Å². The number of hydrogen-bond donors (Lipinski definition) is 2. The van der Waals surface area contributed by atoms with Crippen LogP contribution >= 0.6 is 0 Å². The summed E-state index contributed by atoms with van der Waals surface area (Å²) in [4.78, 5) is 14.1. The highest BCUT2D eigenvalue weighted by atomic mass is 35.5. The van der Waals surface area contributed by atoms with Gasteiger partial charge in [0.25, 0.3) is 0 Å². The minimum atomic E-state index is -0.729. The smallest absolute Gasteiger partial charge is 0.359 e. The molecule has 136 valence electrons. The van der Waals surface area contributed by atoms with Gasteiger partial charge in [0.05, 0.1) is 6.20 Å². The monoisotopic (exact) mass is 346 g/mol. The van der Waals surface area contributed by atoms with Crippen LogP contribution in [0.5, 0.6) is 0 Å². The normalized spacial score (nSPS) is 19.8. The molecular formula is C18H35ClN2O2. The Morgan fingerprint density at radius 2 is 1.57 bits per heavy atom. The number of carbonyl (C=O) groups is 1. The molecule has 0 radical (unpaired) electrons. The molecule has 0 aliphatic carbocycles. The second kappa shape index (κ2) is 13.7. The molecule has 1 rings (SSSR count). The Balaban J connectivity index is 0.00000484. The quantitative estimate of drug-likeness (QED) is 0.462. The maximum absolute atomic E-state index is 10.8. The Bertz CT molecular complexity index is 337. The molecule has 0 aromatic carbocycles. The molecule has 2 unspecified atom stereocenters. The fourth-order valence-corrected chi connectivity index (χ4v) is 3.10. The summed E-state index contributed by atoms with van der Waals surface area (Å²) in [5, 5.41) is 8.87. The molecule has 0 saturated heterocycles. The minimum absolute atomic E-state index is 0. The van der Waals surface area contributed by atoms with Crippen molar-refractivity contribution in [3.05, 3.63) is 12.4 Å². The van der Waals surface area contributed by atoms with Gasteiger partial charge in [0.2, 0.25) is 0 Å². The highest BCUT2D eigenvalue weighted by molar-refractivity contribution is 5.67. The number of rotatable bonds is 13. The van der Waals surface area contributed by atoms with Crippen molar-refractivity contribution in [3.8, 4) is 0 Å². The van der Waals surface area contributed by atoms with E-state index in [2.05, 4.69) is 24.9 Å². The molecule has 0 fully saturated rings. The van der Waals surface area contributed by atoms with E-state index >= 15 is 0 Å². The van der Waals surface area contributed by atoms with Crippen LogP contribution in [0.3, 0.4) is 0 Å². The molecule has 2 N–H and O–H groups in total. The first kappa shape index (κ1) is 22.3. The number of nitrogens with one attached hydrogen (secondary N) is 1. The Morgan fingerprint density at radius 1 is 1.04 bits per heavy atom. The van der Waals surface area contributed by atoms with Crippen LogP contribution in [0.25, 0.3) is 0 Å². The standard InChI is InChI=1S/C18H34N2O2.ClH/c1-3-4-5-6-7-8-9-10-11-12-13-19-14-15-20(17(19)2)16-18(21)22;/h14-15,17H,3-13,16H2,1-2H3,(H,21,22);1H. The van der Waals surface area contributed by atoms with Crippen LogP contribution in [0.1, 0.15) is 78.1 Å². The lowest BCUT2D eigenvalue weighted by Gasteiger charge is -2.24. The summed E-state index contributed by atoms with van der Waals surface area (Å²) in [6, 6.07) is 0. The van der Waals surface area contributed by atoms with E-state index in [9.17, 15) is 4.79 Å². The van der Waals surface area contributed by atoms with Crippen LogP contribution in [0.2, 0.25) is 0 Å². The van der Waals surface area contributed by atoms with Crippen molar-refractivity contribution < 1.29 is 27.2 Å². The zero-order chi connectivity index (χ0) is 16.2. The molecule has 0 saturated carbocycles. The van der Waals surface area contributed by atoms with Gasteiger partial charge in [-0.1, -0.05) is 64.7 Å². The van der Waals surface area contributed by atoms with Gasteiger partial charge in [-0.25, -0.2) is 4.79 Å². The number of unbranched alkanes of at least 4 members (excludes halogenated alkanes) is 9. The van der Waals surface area contributed by atoms with E-state index in [1.807, 2.05) is 6.20 Å². The van der Waals surface area contributed by atoms with Gasteiger partial charge in [0, 0.05) is 13.5 Å². The summed E-state index contributed by atoms with van der Waals surface area (Å²) < 4.78 is 0. The third kappa shape index (κ3) is 9.87. The van der Waals surface area contributed by atoms with Crippen molar-refractivity contribution in [1.82, 2.24) is 4.90 Å². The molecule has 1 aliphatic rings. The zero-order valence-electron chi connectivity index (χ0n) is 14.9. The zero-order valence-corrected chi connectivity index (χ0v) is 15.7. The van der Waals surface area contributed by atoms with Crippen LogP contribution in [-0.2, 0) is 4.79 Å². The number of aliphatic carboxylic acids is 1. The maximum atomic E-state index is 10.8. The Labute approximate surface area is 148 Å². The van der Waals surface area contributed by atoms with Crippen molar-refractivity contribution in [2.24, 2.45) is 0 Å². The number of hydrogen-bond acceptors (Lipinski definition) is 2. The van der Waals surface area contributed by atoms with Crippen LogP contribution in [0, 0.1) is 0 Å². The molecule has 1 aliphatic heterocycles. The van der Waals surface area contributed by atoms with Crippen LogP contribution in [0.15, 0.2) is 12.4 Å². The largest absolute Gasteiger partial charge is 1.00 e. The van der Waals surface area contributed by atoms with E-state index < -0.39 is 5.97 Å². The van der Waals surface area contributed by atoms with E-state index in [1.54, 1.807) is 0 Å². The summed E-state index contributed by atoms with van der Waals surface area (Å²) in [6.45, 7) is 5.59. The van der Waals surface area contributed by atoms with Gasteiger partial charge in [0.15, 0.2) is 12.7 Å². The molecule has 5 heteroatoms. The lowest BCUT2D eigenvalue weighted by atomic mass is 10.1. The predicted molar refractivity (Wildman–Crippen MR) is 90.6 cm³/mol. The highest BCUT2D eigenvalue weighted by Crippen LogP contribution is 2.11. The molecule has 4 nitrogen and oxygen atoms in total. The summed E-state index contributed by atoms with van der Waals surface area (Å²) >= 11 is 0. The Morgan fingerprint density at radius 3 is 2.09 bits per heavy atom. The number of nitrogens with zero attached hydrogens (tertiary/aromatic N) is 1. The van der Waals surface area contributed by atoms with Crippen molar-refractivity contribution in [3.63, 3.8) is 0 Å². The first-order valence-corrected chi connectivity index (χ1v) is 9.16. The van der Waals surface area contributed by atoms with Crippen molar-refractivity contribution in [2.45, 2.75) is 84.2 Å². The van der Waals surface area contributed by atoms with E-state index in [0.29, 0.717) is 0 Å². The summed E-state index contributed by atoms with van der Waals surface area (Å²) in [6.07, 6.45) is 17.8. The molecule has 2 atom stereocenters.